The normalized spacial score (nSPS) is 12.5. The Morgan fingerprint density at radius 1 is 0.900 bits per heavy atom. The Balaban J connectivity index is 1.94. The van der Waals surface area contributed by atoms with Crippen LogP contribution in [0, 0.1) is 0 Å². The van der Waals surface area contributed by atoms with Crippen LogP contribution < -0.4 is 5.73 Å². The van der Waals surface area contributed by atoms with Crippen molar-refractivity contribution >= 4 is 22.4 Å². The predicted molar refractivity (Wildman–Crippen MR) is 86.0 cm³/mol. The third-order valence-corrected chi connectivity index (χ3v) is 3.80. The molecule has 3 aromatic carbocycles. The molecule has 0 aromatic heterocycles. The third kappa shape index (κ3) is 2.69. The Morgan fingerprint density at radius 2 is 1.65 bits per heavy atom. The molecule has 0 saturated carbocycles. The van der Waals surface area contributed by atoms with Crippen LogP contribution in [0.25, 0.3) is 10.8 Å². The lowest BCUT2D eigenvalue weighted by molar-refractivity contribution is 0.728. The molecule has 2 N–H and O–H groups in total. The monoisotopic (exact) mass is 281 g/mol. The molecule has 1 unspecified atom stereocenters. The van der Waals surface area contributed by atoms with Crippen LogP contribution in [0.2, 0.25) is 5.02 Å². The summed E-state index contributed by atoms with van der Waals surface area (Å²) in [5.74, 6) is 0. The van der Waals surface area contributed by atoms with Crippen molar-refractivity contribution in [3.63, 3.8) is 0 Å². The van der Waals surface area contributed by atoms with Gasteiger partial charge in [-0.3, -0.25) is 0 Å². The molecule has 0 bridgehead atoms. The van der Waals surface area contributed by atoms with Gasteiger partial charge in [-0.2, -0.15) is 0 Å². The topological polar surface area (TPSA) is 26.0 Å². The molecule has 20 heavy (non-hydrogen) atoms. The van der Waals surface area contributed by atoms with Crippen molar-refractivity contribution in [1.82, 2.24) is 0 Å². The van der Waals surface area contributed by atoms with Gasteiger partial charge in [-0.05, 0) is 40.5 Å². The maximum Gasteiger partial charge on any atom is 0.0408 e. The largest absolute Gasteiger partial charge is 0.324 e. The summed E-state index contributed by atoms with van der Waals surface area (Å²) in [5, 5.41) is 3.21. The number of rotatable bonds is 3. The van der Waals surface area contributed by atoms with Gasteiger partial charge >= 0.3 is 0 Å². The standard InChI is InChI=1S/C18H16ClN/c19-15-8-3-5-13(11-15)12-18(20)17-10-4-7-14-6-1-2-9-16(14)17/h1-11,18H,12,20H2. The molecule has 0 spiro atoms. The van der Waals surface area contributed by atoms with E-state index in [2.05, 4.69) is 48.5 Å². The molecule has 0 saturated heterocycles. The summed E-state index contributed by atoms with van der Waals surface area (Å²) in [6.45, 7) is 0. The summed E-state index contributed by atoms with van der Waals surface area (Å²) >= 11 is 6.03. The van der Waals surface area contributed by atoms with E-state index >= 15 is 0 Å². The van der Waals surface area contributed by atoms with E-state index in [-0.39, 0.29) is 6.04 Å². The van der Waals surface area contributed by atoms with Gasteiger partial charge < -0.3 is 5.73 Å². The van der Waals surface area contributed by atoms with Crippen molar-refractivity contribution in [2.75, 3.05) is 0 Å². The summed E-state index contributed by atoms with van der Waals surface area (Å²) < 4.78 is 0. The summed E-state index contributed by atoms with van der Waals surface area (Å²) in [6, 6.07) is 22.5. The molecule has 0 radical (unpaired) electrons. The van der Waals surface area contributed by atoms with E-state index in [9.17, 15) is 0 Å². The molecule has 0 amide bonds. The highest BCUT2D eigenvalue weighted by atomic mass is 35.5. The molecule has 3 aromatic rings. The average molecular weight is 282 g/mol. The third-order valence-electron chi connectivity index (χ3n) is 3.57. The van der Waals surface area contributed by atoms with Gasteiger partial charge in [0.25, 0.3) is 0 Å². The Labute approximate surface area is 124 Å². The number of benzene rings is 3. The first-order valence-electron chi connectivity index (χ1n) is 6.72. The van der Waals surface area contributed by atoms with E-state index in [0.717, 1.165) is 17.0 Å². The van der Waals surface area contributed by atoms with Gasteiger partial charge in [0.15, 0.2) is 0 Å². The zero-order chi connectivity index (χ0) is 13.9. The van der Waals surface area contributed by atoms with E-state index in [0.29, 0.717) is 0 Å². The molecule has 0 fully saturated rings. The van der Waals surface area contributed by atoms with Crippen molar-refractivity contribution in [2.24, 2.45) is 5.73 Å². The van der Waals surface area contributed by atoms with Crippen molar-refractivity contribution in [2.45, 2.75) is 12.5 Å². The molecule has 3 rings (SSSR count). The van der Waals surface area contributed by atoms with Crippen LogP contribution in [0.15, 0.2) is 66.7 Å². The van der Waals surface area contributed by atoms with Crippen molar-refractivity contribution in [1.29, 1.82) is 0 Å². The summed E-state index contributed by atoms with van der Waals surface area (Å²) in [5.41, 5.74) is 8.75. The van der Waals surface area contributed by atoms with E-state index in [1.165, 1.54) is 16.3 Å². The fourth-order valence-corrected chi connectivity index (χ4v) is 2.81. The Kier molecular flexibility index (Phi) is 3.72. The zero-order valence-corrected chi connectivity index (χ0v) is 11.8. The van der Waals surface area contributed by atoms with Gasteiger partial charge in [0.1, 0.15) is 0 Å². The second kappa shape index (κ2) is 5.66. The fraction of sp³-hybridized carbons (Fsp3) is 0.111. The van der Waals surface area contributed by atoms with Crippen LogP contribution in [0.1, 0.15) is 17.2 Å². The molecule has 2 heteroatoms. The number of hydrogen-bond donors (Lipinski definition) is 1. The van der Waals surface area contributed by atoms with Crippen molar-refractivity contribution in [3.05, 3.63) is 82.9 Å². The number of hydrogen-bond acceptors (Lipinski definition) is 1. The molecule has 100 valence electrons. The van der Waals surface area contributed by atoms with Crippen molar-refractivity contribution in [3.8, 4) is 0 Å². The van der Waals surface area contributed by atoms with Gasteiger partial charge in [-0.1, -0.05) is 66.2 Å². The van der Waals surface area contributed by atoms with Crippen LogP contribution in [0.4, 0.5) is 0 Å². The molecule has 0 aliphatic rings. The highest BCUT2D eigenvalue weighted by molar-refractivity contribution is 6.30. The van der Waals surface area contributed by atoms with E-state index < -0.39 is 0 Å². The SMILES string of the molecule is NC(Cc1cccc(Cl)c1)c1cccc2ccccc12. The number of nitrogens with two attached hydrogens (primary N) is 1. The highest BCUT2D eigenvalue weighted by Gasteiger charge is 2.10. The Morgan fingerprint density at radius 3 is 2.50 bits per heavy atom. The lowest BCUT2D eigenvalue weighted by atomic mass is 9.95. The van der Waals surface area contributed by atoms with Gasteiger partial charge in [0.2, 0.25) is 0 Å². The molecule has 0 heterocycles. The van der Waals surface area contributed by atoms with Gasteiger partial charge in [-0.15, -0.1) is 0 Å². The minimum Gasteiger partial charge on any atom is -0.324 e. The minimum atomic E-state index is -0.0282. The van der Waals surface area contributed by atoms with E-state index in [4.69, 9.17) is 17.3 Å². The average Bonchev–Trinajstić information content (AvgIpc) is 2.46. The smallest absolute Gasteiger partial charge is 0.0408 e. The first-order chi connectivity index (χ1) is 9.74. The lowest BCUT2D eigenvalue weighted by Gasteiger charge is -2.15. The number of halogens is 1. The van der Waals surface area contributed by atoms with Crippen molar-refractivity contribution < 1.29 is 0 Å². The molecule has 0 aliphatic heterocycles. The summed E-state index contributed by atoms with van der Waals surface area (Å²) in [7, 11) is 0. The molecule has 1 atom stereocenters. The Hall–Kier alpha value is -1.83. The van der Waals surface area contributed by atoms with E-state index in [1.54, 1.807) is 0 Å². The quantitative estimate of drug-likeness (QED) is 0.737. The summed E-state index contributed by atoms with van der Waals surface area (Å²) in [6.07, 6.45) is 0.786. The maximum atomic E-state index is 6.40. The lowest BCUT2D eigenvalue weighted by Crippen LogP contribution is -2.13. The molecule has 0 aliphatic carbocycles. The second-order valence-electron chi connectivity index (χ2n) is 5.01. The van der Waals surface area contributed by atoms with Gasteiger partial charge in [0.05, 0.1) is 0 Å². The van der Waals surface area contributed by atoms with Gasteiger partial charge in [0, 0.05) is 11.1 Å². The first-order valence-corrected chi connectivity index (χ1v) is 7.09. The Bertz CT molecular complexity index is 731. The molecular weight excluding hydrogens is 266 g/mol. The first kappa shape index (κ1) is 13.2. The summed E-state index contributed by atoms with van der Waals surface area (Å²) in [4.78, 5) is 0. The van der Waals surface area contributed by atoms with E-state index in [1.807, 2.05) is 18.2 Å². The second-order valence-corrected chi connectivity index (χ2v) is 5.45. The van der Waals surface area contributed by atoms with Crippen LogP contribution in [0.3, 0.4) is 0 Å². The highest BCUT2D eigenvalue weighted by Crippen LogP contribution is 2.25. The van der Waals surface area contributed by atoms with Crippen LogP contribution in [-0.4, -0.2) is 0 Å². The van der Waals surface area contributed by atoms with Crippen LogP contribution >= 0.6 is 11.6 Å². The predicted octanol–water partition coefficient (Wildman–Crippen LogP) is 4.74. The minimum absolute atomic E-state index is 0.0282. The zero-order valence-electron chi connectivity index (χ0n) is 11.1. The van der Waals surface area contributed by atoms with Gasteiger partial charge in [-0.25, -0.2) is 0 Å². The molecular formula is C18H16ClN. The number of fused-ring (bicyclic) bond motifs is 1. The fourth-order valence-electron chi connectivity index (χ4n) is 2.60. The van der Waals surface area contributed by atoms with Crippen LogP contribution in [0.5, 0.6) is 0 Å². The van der Waals surface area contributed by atoms with Crippen LogP contribution in [-0.2, 0) is 6.42 Å². The maximum absolute atomic E-state index is 6.40. The molecule has 1 nitrogen and oxygen atoms in total.